The van der Waals surface area contributed by atoms with Gasteiger partial charge in [-0.05, 0) is 51.7 Å². The van der Waals surface area contributed by atoms with Crippen molar-refractivity contribution in [3.63, 3.8) is 0 Å². The number of hydrogen-bond acceptors (Lipinski definition) is 5. The lowest BCUT2D eigenvalue weighted by Crippen LogP contribution is -2.44. The smallest absolute Gasteiger partial charge is 0.407 e. The van der Waals surface area contributed by atoms with Gasteiger partial charge in [-0.3, -0.25) is 0 Å². The van der Waals surface area contributed by atoms with Crippen molar-refractivity contribution in [3.8, 4) is 17.2 Å². The molecule has 1 amide bonds. The van der Waals surface area contributed by atoms with Crippen LogP contribution in [0.1, 0.15) is 54.4 Å². The van der Waals surface area contributed by atoms with Crippen LogP contribution in [0.15, 0.2) is 12.1 Å². The molecule has 0 atom stereocenters. The molecule has 0 bridgehead atoms. The third-order valence-corrected chi connectivity index (χ3v) is 9.50. The molecule has 0 heterocycles. The fourth-order valence-electron chi connectivity index (χ4n) is 2.17. The maximum absolute atomic E-state index is 11.7. The lowest BCUT2D eigenvalue weighted by atomic mass is 10.1. The normalized spacial score (nSPS) is 12.3. The Labute approximate surface area is 187 Å². The molecule has 6 nitrogen and oxygen atoms in total. The first-order chi connectivity index (χ1) is 13.7. The summed E-state index contributed by atoms with van der Waals surface area (Å²) in [5.74, 6) is 1.74. The summed E-state index contributed by atoms with van der Waals surface area (Å²) in [5, 5.41) is 3.26. The average Bonchev–Trinajstić information content (AvgIpc) is 2.57. The number of methoxy groups -OCH3 is 1. The van der Waals surface area contributed by atoms with Crippen LogP contribution in [0.25, 0.3) is 0 Å². The van der Waals surface area contributed by atoms with E-state index in [-0.39, 0.29) is 10.6 Å². The Hall–Kier alpha value is -1.60. The zero-order chi connectivity index (χ0) is 23.2. The van der Waals surface area contributed by atoms with Crippen LogP contribution in [-0.2, 0) is 4.74 Å². The molecule has 1 N–H and O–H groups in total. The molecule has 0 aliphatic carbocycles. The van der Waals surface area contributed by atoms with E-state index in [0.717, 1.165) is 6.42 Å². The molecule has 0 aromatic heterocycles. The Morgan fingerprint density at radius 2 is 1.67 bits per heavy atom. The van der Waals surface area contributed by atoms with E-state index in [9.17, 15) is 4.79 Å². The lowest BCUT2D eigenvalue weighted by Gasteiger charge is -2.37. The fourth-order valence-corrected chi connectivity index (χ4v) is 3.50. The van der Waals surface area contributed by atoms with Crippen LogP contribution in [0.5, 0.6) is 17.2 Å². The van der Waals surface area contributed by atoms with Crippen LogP contribution in [0, 0.1) is 0 Å². The third-order valence-electron chi connectivity index (χ3n) is 4.89. The standard InChI is InChI=1S/C22H38ClNO5Si/c1-21(2,3)24-20(25)28-13-11-10-12-27-18-15-16(26-7)14-17(23)19(18)29-30(8,9)22(4,5)6/h14-15H,10-13H2,1-9H3,(H,24,25). The third kappa shape index (κ3) is 8.64. The van der Waals surface area contributed by atoms with Crippen molar-refractivity contribution in [2.75, 3.05) is 20.3 Å². The highest BCUT2D eigenvalue weighted by Crippen LogP contribution is 2.45. The molecule has 1 aromatic rings. The van der Waals surface area contributed by atoms with E-state index in [0.29, 0.717) is 41.9 Å². The van der Waals surface area contributed by atoms with Gasteiger partial charge in [0.15, 0.2) is 11.5 Å². The van der Waals surface area contributed by atoms with Gasteiger partial charge in [0.25, 0.3) is 8.32 Å². The number of rotatable bonds is 9. The topological polar surface area (TPSA) is 66.0 Å². The molecular formula is C22H38ClNO5Si. The van der Waals surface area contributed by atoms with Crippen molar-refractivity contribution in [2.45, 2.75) is 78.1 Å². The highest BCUT2D eigenvalue weighted by molar-refractivity contribution is 6.74. The minimum atomic E-state index is -2.10. The average molecular weight is 460 g/mol. The second-order valence-electron chi connectivity index (χ2n) is 9.87. The quantitative estimate of drug-likeness (QED) is 0.341. The van der Waals surface area contributed by atoms with Crippen molar-refractivity contribution in [1.29, 1.82) is 0 Å². The van der Waals surface area contributed by atoms with Crippen molar-refractivity contribution in [3.05, 3.63) is 17.2 Å². The summed E-state index contributed by atoms with van der Waals surface area (Å²) in [6.07, 6.45) is 0.998. The van der Waals surface area contributed by atoms with Crippen LogP contribution >= 0.6 is 11.6 Å². The molecule has 0 radical (unpaired) electrons. The summed E-state index contributed by atoms with van der Waals surface area (Å²) in [6, 6.07) is 3.53. The van der Waals surface area contributed by atoms with Gasteiger partial charge in [-0.25, -0.2) is 4.79 Å². The molecule has 0 unspecified atom stereocenters. The second-order valence-corrected chi connectivity index (χ2v) is 15.0. The molecule has 0 spiro atoms. The van der Waals surface area contributed by atoms with E-state index in [1.165, 1.54) is 0 Å². The Kier molecular flexibility index (Phi) is 9.36. The number of nitrogens with one attached hydrogen (secondary N) is 1. The van der Waals surface area contributed by atoms with Gasteiger partial charge in [0, 0.05) is 17.7 Å². The molecule has 0 aliphatic heterocycles. The van der Waals surface area contributed by atoms with Crippen LogP contribution in [0.3, 0.4) is 0 Å². The molecule has 0 aliphatic rings. The number of halogens is 1. The Morgan fingerprint density at radius 1 is 1.07 bits per heavy atom. The first-order valence-corrected chi connectivity index (χ1v) is 13.6. The fraction of sp³-hybridized carbons (Fsp3) is 0.682. The van der Waals surface area contributed by atoms with Gasteiger partial charge in [0.2, 0.25) is 0 Å². The Balaban J connectivity index is 2.70. The number of benzene rings is 1. The Bertz CT molecular complexity index is 711. The van der Waals surface area contributed by atoms with E-state index >= 15 is 0 Å². The lowest BCUT2D eigenvalue weighted by molar-refractivity contribution is 0.133. The van der Waals surface area contributed by atoms with E-state index in [1.807, 2.05) is 20.8 Å². The molecule has 0 saturated heterocycles. The molecule has 172 valence electrons. The molecule has 0 fully saturated rings. The predicted molar refractivity (Wildman–Crippen MR) is 125 cm³/mol. The number of carbonyl (C=O) groups excluding carboxylic acids is 1. The maximum Gasteiger partial charge on any atom is 0.407 e. The summed E-state index contributed by atoms with van der Waals surface area (Å²) < 4.78 is 22.9. The predicted octanol–water partition coefficient (Wildman–Crippen LogP) is 6.42. The van der Waals surface area contributed by atoms with Gasteiger partial charge in [-0.2, -0.15) is 0 Å². The van der Waals surface area contributed by atoms with Gasteiger partial charge in [-0.1, -0.05) is 32.4 Å². The largest absolute Gasteiger partial charge is 0.540 e. The Morgan fingerprint density at radius 3 is 2.20 bits per heavy atom. The van der Waals surface area contributed by atoms with Crippen LogP contribution in [0.2, 0.25) is 23.2 Å². The highest BCUT2D eigenvalue weighted by Gasteiger charge is 2.40. The van der Waals surface area contributed by atoms with Crippen molar-refractivity contribution in [1.82, 2.24) is 5.32 Å². The van der Waals surface area contributed by atoms with Gasteiger partial charge < -0.3 is 24.0 Å². The van der Waals surface area contributed by atoms with Gasteiger partial charge in [0.1, 0.15) is 5.75 Å². The second kappa shape index (κ2) is 10.6. The van der Waals surface area contributed by atoms with Crippen LogP contribution < -0.4 is 19.2 Å². The number of hydrogen-bond donors (Lipinski definition) is 1. The SMILES string of the molecule is COc1cc(Cl)c(O[Si](C)(C)C(C)(C)C)c(OCCCCOC(=O)NC(C)(C)C)c1. The minimum absolute atomic E-state index is 0.0263. The van der Waals surface area contributed by atoms with Crippen molar-refractivity contribution < 1.29 is 23.4 Å². The minimum Gasteiger partial charge on any atom is -0.540 e. The molecule has 1 aromatic carbocycles. The summed E-state index contributed by atoms with van der Waals surface area (Å²) in [5.41, 5.74) is -0.313. The van der Waals surface area contributed by atoms with Gasteiger partial charge in [0.05, 0.1) is 25.3 Å². The molecular weight excluding hydrogens is 422 g/mol. The van der Waals surface area contributed by atoms with Crippen LogP contribution in [0.4, 0.5) is 4.79 Å². The zero-order valence-corrected chi connectivity index (χ0v) is 21.7. The van der Waals surface area contributed by atoms with E-state index < -0.39 is 14.4 Å². The molecule has 0 saturated carbocycles. The maximum atomic E-state index is 11.7. The van der Waals surface area contributed by atoms with E-state index in [4.69, 9.17) is 30.2 Å². The highest BCUT2D eigenvalue weighted by atomic mass is 35.5. The monoisotopic (exact) mass is 459 g/mol. The van der Waals surface area contributed by atoms with Gasteiger partial charge in [-0.15, -0.1) is 0 Å². The summed E-state index contributed by atoms with van der Waals surface area (Å²) >= 11 is 6.49. The number of alkyl carbamates (subject to hydrolysis) is 1. The van der Waals surface area contributed by atoms with E-state index in [1.54, 1.807) is 19.2 Å². The first-order valence-electron chi connectivity index (χ1n) is 10.3. The number of carbonyl (C=O) groups is 1. The van der Waals surface area contributed by atoms with Crippen molar-refractivity contribution >= 4 is 26.0 Å². The molecule has 8 heteroatoms. The number of ether oxygens (including phenoxy) is 3. The first kappa shape index (κ1) is 26.4. The van der Waals surface area contributed by atoms with Gasteiger partial charge >= 0.3 is 6.09 Å². The summed E-state index contributed by atoms with van der Waals surface area (Å²) in [7, 11) is -0.511. The van der Waals surface area contributed by atoms with E-state index in [2.05, 4.69) is 39.2 Å². The summed E-state index contributed by atoms with van der Waals surface area (Å²) in [4.78, 5) is 11.7. The van der Waals surface area contributed by atoms with Crippen LogP contribution in [-0.4, -0.2) is 40.3 Å². The summed E-state index contributed by atoms with van der Waals surface area (Å²) in [6.45, 7) is 17.3. The number of amides is 1. The number of unbranched alkanes of at least 4 members (excludes halogenated alkanes) is 1. The zero-order valence-electron chi connectivity index (χ0n) is 19.9. The molecule has 1 rings (SSSR count). The van der Waals surface area contributed by atoms with Crippen molar-refractivity contribution in [2.24, 2.45) is 0 Å². The molecule has 30 heavy (non-hydrogen) atoms.